The Hall–Kier alpha value is -2.09. The lowest BCUT2D eigenvalue weighted by molar-refractivity contribution is 0.0746. The number of benzene rings is 1. The van der Waals surface area contributed by atoms with Gasteiger partial charge in [0.15, 0.2) is 0 Å². The molecule has 0 aliphatic carbocycles. The van der Waals surface area contributed by atoms with Gasteiger partial charge in [-0.25, -0.2) is 9.97 Å². The third kappa shape index (κ3) is 4.16. The van der Waals surface area contributed by atoms with Crippen LogP contribution in [-0.2, 0) is 4.74 Å². The fourth-order valence-corrected chi connectivity index (χ4v) is 3.94. The van der Waals surface area contributed by atoms with Crippen LogP contribution >= 0.6 is 23.2 Å². The zero-order valence-electron chi connectivity index (χ0n) is 15.4. The predicted molar refractivity (Wildman–Crippen MR) is 110 cm³/mol. The maximum Gasteiger partial charge on any atom is 0.255 e. The minimum Gasteiger partial charge on any atom is -0.378 e. The molecular weight excluding hydrogens is 401 g/mol. The highest BCUT2D eigenvalue weighted by Gasteiger charge is 2.25. The van der Waals surface area contributed by atoms with E-state index in [4.69, 9.17) is 27.9 Å². The minimum absolute atomic E-state index is 0.0713. The van der Waals surface area contributed by atoms with E-state index in [1.807, 2.05) is 11.0 Å². The van der Waals surface area contributed by atoms with Gasteiger partial charge in [0.25, 0.3) is 5.91 Å². The van der Waals surface area contributed by atoms with Gasteiger partial charge in [0.05, 0.1) is 23.8 Å². The van der Waals surface area contributed by atoms with Gasteiger partial charge in [0.2, 0.25) is 0 Å². The van der Waals surface area contributed by atoms with Crippen molar-refractivity contribution >= 4 is 40.7 Å². The van der Waals surface area contributed by atoms with Gasteiger partial charge in [0.1, 0.15) is 18.0 Å². The van der Waals surface area contributed by atoms with Gasteiger partial charge in [-0.15, -0.1) is 0 Å². The molecule has 2 fully saturated rings. The molecule has 0 radical (unpaired) electrons. The molecule has 1 amide bonds. The smallest absolute Gasteiger partial charge is 0.255 e. The van der Waals surface area contributed by atoms with Crippen LogP contribution in [0.4, 0.5) is 11.6 Å². The lowest BCUT2D eigenvalue weighted by Crippen LogP contribution is -2.49. The summed E-state index contributed by atoms with van der Waals surface area (Å²) in [6, 6.07) is 6.98. The largest absolute Gasteiger partial charge is 0.378 e. The van der Waals surface area contributed by atoms with Crippen molar-refractivity contribution in [2.75, 3.05) is 62.3 Å². The summed E-state index contributed by atoms with van der Waals surface area (Å²) in [4.78, 5) is 27.8. The number of piperazine rings is 1. The normalized spacial score (nSPS) is 17.7. The topological polar surface area (TPSA) is 61.8 Å². The number of rotatable bonds is 3. The Bertz CT molecular complexity index is 852. The Kier molecular flexibility index (Phi) is 5.85. The van der Waals surface area contributed by atoms with Gasteiger partial charge in [-0.05, 0) is 18.2 Å². The van der Waals surface area contributed by atoms with Crippen molar-refractivity contribution < 1.29 is 9.53 Å². The quantitative estimate of drug-likeness (QED) is 0.758. The van der Waals surface area contributed by atoms with Crippen molar-refractivity contribution in [2.45, 2.75) is 0 Å². The van der Waals surface area contributed by atoms with Crippen molar-refractivity contribution in [1.29, 1.82) is 0 Å². The second-order valence-corrected chi connectivity index (χ2v) is 7.58. The van der Waals surface area contributed by atoms with E-state index < -0.39 is 0 Å². The van der Waals surface area contributed by atoms with E-state index in [0.29, 0.717) is 55.0 Å². The molecule has 2 aromatic rings. The second-order valence-electron chi connectivity index (χ2n) is 6.74. The summed E-state index contributed by atoms with van der Waals surface area (Å²) in [6.07, 6.45) is 1.60. The predicted octanol–water partition coefficient (Wildman–Crippen LogP) is 2.58. The van der Waals surface area contributed by atoms with Gasteiger partial charge in [-0.3, -0.25) is 4.79 Å². The minimum atomic E-state index is -0.0713. The SMILES string of the molecule is O=C(c1ccc(Cl)cc1Cl)N1CCN(c2cc(N3CCOCC3)ncn2)CC1. The van der Waals surface area contributed by atoms with Gasteiger partial charge < -0.3 is 19.4 Å². The van der Waals surface area contributed by atoms with Crippen molar-refractivity contribution in [3.05, 3.63) is 46.2 Å². The molecule has 28 heavy (non-hydrogen) atoms. The van der Waals surface area contributed by atoms with E-state index in [2.05, 4.69) is 19.8 Å². The van der Waals surface area contributed by atoms with Crippen LogP contribution in [0.25, 0.3) is 0 Å². The number of morpholine rings is 1. The van der Waals surface area contributed by atoms with E-state index in [1.165, 1.54) is 0 Å². The molecule has 0 bridgehead atoms. The number of nitrogens with zero attached hydrogens (tertiary/aromatic N) is 5. The van der Waals surface area contributed by atoms with Crippen LogP contribution in [0.1, 0.15) is 10.4 Å². The molecule has 9 heteroatoms. The van der Waals surface area contributed by atoms with E-state index in [0.717, 1.165) is 24.7 Å². The average molecular weight is 422 g/mol. The van der Waals surface area contributed by atoms with Gasteiger partial charge in [-0.2, -0.15) is 0 Å². The molecule has 4 rings (SSSR count). The molecule has 7 nitrogen and oxygen atoms in total. The van der Waals surface area contributed by atoms with E-state index in [-0.39, 0.29) is 5.91 Å². The van der Waals surface area contributed by atoms with Crippen LogP contribution in [0.3, 0.4) is 0 Å². The number of aromatic nitrogens is 2. The van der Waals surface area contributed by atoms with Crippen LogP contribution in [0, 0.1) is 0 Å². The molecule has 0 atom stereocenters. The zero-order chi connectivity index (χ0) is 19.5. The summed E-state index contributed by atoms with van der Waals surface area (Å²) in [6.45, 7) is 5.72. The third-order valence-corrected chi connectivity index (χ3v) is 5.57. The molecule has 0 spiro atoms. The summed E-state index contributed by atoms with van der Waals surface area (Å²) < 4.78 is 5.40. The number of carbonyl (C=O) groups is 1. The Morgan fingerprint density at radius 3 is 2.18 bits per heavy atom. The summed E-state index contributed by atoms with van der Waals surface area (Å²) in [5.41, 5.74) is 0.483. The fourth-order valence-electron chi connectivity index (χ4n) is 3.45. The number of carbonyl (C=O) groups excluding carboxylic acids is 1. The van der Waals surface area contributed by atoms with Crippen LogP contribution in [0.2, 0.25) is 10.0 Å². The van der Waals surface area contributed by atoms with Gasteiger partial charge >= 0.3 is 0 Å². The molecule has 1 aromatic heterocycles. The van der Waals surface area contributed by atoms with Crippen LogP contribution < -0.4 is 9.80 Å². The summed E-state index contributed by atoms with van der Waals surface area (Å²) in [5.74, 6) is 1.73. The number of ether oxygens (including phenoxy) is 1. The van der Waals surface area contributed by atoms with Gasteiger partial charge in [0, 0.05) is 50.4 Å². The molecule has 2 saturated heterocycles. The van der Waals surface area contributed by atoms with Crippen molar-refractivity contribution in [2.24, 2.45) is 0 Å². The highest BCUT2D eigenvalue weighted by molar-refractivity contribution is 6.36. The molecule has 0 saturated carbocycles. The lowest BCUT2D eigenvalue weighted by Gasteiger charge is -2.36. The first-order chi connectivity index (χ1) is 13.6. The van der Waals surface area contributed by atoms with Crippen molar-refractivity contribution in [3.63, 3.8) is 0 Å². The summed E-state index contributed by atoms with van der Waals surface area (Å²) in [7, 11) is 0. The molecule has 148 valence electrons. The Labute approximate surface area is 173 Å². The molecule has 2 aliphatic heterocycles. The first-order valence-corrected chi connectivity index (χ1v) is 10.0. The van der Waals surface area contributed by atoms with Crippen molar-refractivity contribution in [3.8, 4) is 0 Å². The molecular formula is C19H21Cl2N5O2. The Balaban J connectivity index is 1.40. The van der Waals surface area contributed by atoms with E-state index >= 15 is 0 Å². The fraction of sp³-hybridized carbons (Fsp3) is 0.421. The lowest BCUT2D eigenvalue weighted by atomic mass is 10.1. The summed E-state index contributed by atoms with van der Waals surface area (Å²) >= 11 is 12.1. The van der Waals surface area contributed by atoms with Gasteiger partial charge in [-0.1, -0.05) is 23.2 Å². The van der Waals surface area contributed by atoms with E-state index in [1.54, 1.807) is 24.5 Å². The number of anilines is 2. The molecule has 0 unspecified atom stereocenters. The zero-order valence-corrected chi connectivity index (χ0v) is 16.9. The molecule has 1 aromatic carbocycles. The first kappa shape index (κ1) is 19.2. The van der Waals surface area contributed by atoms with Crippen LogP contribution in [0.15, 0.2) is 30.6 Å². The number of halogens is 2. The Morgan fingerprint density at radius 2 is 1.54 bits per heavy atom. The van der Waals surface area contributed by atoms with Crippen LogP contribution in [0.5, 0.6) is 0 Å². The third-order valence-electron chi connectivity index (χ3n) is 5.03. The first-order valence-electron chi connectivity index (χ1n) is 9.26. The Morgan fingerprint density at radius 1 is 0.893 bits per heavy atom. The standard InChI is InChI=1S/C19H21Cl2N5O2/c20-14-1-2-15(16(21)11-14)19(27)26-5-3-24(4-6-26)17-12-18(23-13-22-17)25-7-9-28-10-8-25/h1-2,11-13H,3-10H2. The average Bonchev–Trinajstić information content (AvgIpc) is 2.74. The number of hydrogen-bond acceptors (Lipinski definition) is 6. The van der Waals surface area contributed by atoms with Crippen LogP contribution in [-0.4, -0.2) is 73.3 Å². The number of hydrogen-bond donors (Lipinski definition) is 0. The monoisotopic (exact) mass is 421 g/mol. The second kappa shape index (κ2) is 8.51. The van der Waals surface area contributed by atoms with Crippen molar-refractivity contribution in [1.82, 2.24) is 14.9 Å². The summed E-state index contributed by atoms with van der Waals surface area (Å²) in [5, 5.41) is 0.900. The highest BCUT2D eigenvalue weighted by atomic mass is 35.5. The highest BCUT2D eigenvalue weighted by Crippen LogP contribution is 2.24. The molecule has 3 heterocycles. The maximum absolute atomic E-state index is 12.8. The number of amides is 1. The molecule has 0 N–H and O–H groups in total. The molecule has 2 aliphatic rings. The van der Waals surface area contributed by atoms with E-state index in [9.17, 15) is 4.79 Å². The maximum atomic E-state index is 12.8.